The largest absolute Gasteiger partial charge is 0.481 e. The van der Waals surface area contributed by atoms with Gasteiger partial charge in [-0.25, -0.2) is 0 Å². The standard InChI is InChI=1S/C16H22N2O4/c1-12(19)18-11-13-6-8-14(9-7-13)16(22)17-10-4-2-3-5-15(20)21/h6-9H,2-5,10-11H2,1H3,(H,17,22)(H,18,19)(H,20,21). The summed E-state index contributed by atoms with van der Waals surface area (Å²) in [6.45, 7) is 2.44. The van der Waals surface area contributed by atoms with Crippen LogP contribution in [0.25, 0.3) is 0 Å². The Labute approximate surface area is 129 Å². The molecule has 0 spiro atoms. The number of carboxylic acids is 1. The smallest absolute Gasteiger partial charge is 0.303 e. The van der Waals surface area contributed by atoms with E-state index < -0.39 is 5.97 Å². The number of hydrogen-bond donors (Lipinski definition) is 3. The Morgan fingerprint density at radius 2 is 1.68 bits per heavy atom. The van der Waals surface area contributed by atoms with Crippen molar-refractivity contribution in [2.45, 2.75) is 39.2 Å². The van der Waals surface area contributed by atoms with E-state index in [9.17, 15) is 14.4 Å². The molecular formula is C16H22N2O4. The van der Waals surface area contributed by atoms with Crippen molar-refractivity contribution < 1.29 is 19.5 Å². The number of rotatable bonds is 9. The summed E-state index contributed by atoms with van der Waals surface area (Å²) >= 11 is 0. The lowest BCUT2D eigenvalue weighted by Gasteiger charge is -2.06. The number of amides is 2. The third-order valence-electron chi connectivity index (χ3n) is 3.11. The van der Waals surface area contributed by atoms with Crippen molar-refractivity contribution in [3.63, 3.8) is 0 Å². The van der Waals surface area contributed by atoms with Crippen molar-refractivity contribution in [1.29, 1.82) is 0 Å². The van der Waals surface area contributed by atoms with Crippen LogP contribution in [0.4, 0.5) is 0 Å². The first-order valence-electron chi connectivity index (χ1n) is 7.32. The molecule has 120 valence electrons. The van der Waals surface area contributed by atoms with Gasteiger partial charge in [0.15, 0.2) is 0 Å². The van der Waals surface area contributed by atoms with E-state index in [0.29, 0.717) is 25.1 Å². The van der Waals surface area contributed by atoms with Gasteiger partial charge in [-0.2, -0.15) is 0 Å². The summed E-state index contributed by atoms with van der Waals surface area (Å²) in [6.07, 6.45) is 2.34. The van der Waals surface area contributed by atoms with E-state index in [-0.39, 0.29) is 18.2 Å². The Bertz CT molecular complexity index is 511. The molecular weight excluding hydrogens is 284 g/mol. The van der Waals surface area contributed by atoms with Gasteiger partial charge in [0.1, 0.15) is 0 Å². The van der Waals surface area contributed by atoms with Gasteiger partial charge in [0, 0.05) is 32.0 Å². The lowest BCUT2D eigenvalue weighted by atomic mass is 10.1. The van der Waals surface area contributed by atoms with Gasteiger partial charge >= 0.3 is 5.97 Å². The number of nitrogens with one attached hydrogen (secondary N) is 2. The fourth-order valence-electron chi connectivity index (χ4n) is 1.88. The molecule has 0 aromatic heterocycles. The molecule has 0 aliphatic rings. The van der Waals surface area contributed by atoms with Gasteiger partial charge in [-0.05, 0) is 30.5 Å². The molecule has 0 aliphatic heterocycles. The van der Waals surface area contributed by atoms with Gasteiger partial charge in [-0.1, -0.05) is 18.6 Å². The Morgan fingerprint density at radius 3 is 2.27 bits per heavy atom. The number of carbonyl (C=O) groups is 3. The molecule has 6 nitrogen and oxygen atoms in total. The SMILES string of the molecule is CC(=O)NCc1ccc(C(=O)NCCCCCC(=O)O)cc1. The summed E-state index contributed by atoms with van der Waals surface area (Å²) in [7, 11) is 0. The number of hydrogen-bond acceptors (Lipinski definition) is 3. The Morgan fingerprint density at radius 1 is 1.00 bits per heavy atom. The first kappa shape index (κ1) is 17.7. The predicted octanol–water partition coefficient (Wildman–Crippen LogP) is 1.70. The first-order valence-corrected chi connectivity index (χ1v) is 7.32. The Kier molecular flexibility index (Phi) is 7.67. The lowest BCUT2D eigenvalue weighted by Crippen LogP contribution is -2.24. The van der Waals surface area contributed by atoms with Crippen LogP contribution < -0.4 is 10.6 Å². The van der Waals surface area contributed by atoms with Crippen LogP contribution in [0.1, 0.15) is 48.5 Å². The molecule has 22 heavy (non-hydrogen) atoms. The van der Waals surface area contributed by atoms with Crippen LogP contribution in [-0.2, 0) is 16.1 Å². The van der Waals surface area contributed by atoms with Crippen LogP contribution >= 0.6 is 0 Å². The summed E-state index contributed by atoms with van der Waals surface area (Å²) in [5.41, 5.74) is 1.50. The molecule has 0 saturated carbocycles. The molecule has 2 amide bonds. The quantitative estimate of drug-likeness (QED) is 0.605. The van der Waals surface area contributed by atoms with E-state index in [0.717, 1.165) is 18.4 Å². The number of carbonyl (C=O) groups excluding carboxylic acids is 2. The number of unbranched alkanes of at least 4 members (excludes halogenated alkanes) is 2. The topological polar surface area (TPSA) is 95.5 Å². The molecule has 0 saturated heterocycles. The molecule has 0 bridgehead atoms. The Balaban J connectivity index is 2.27. The van der Waals surface area contributed by atoms with Crippen molar-refractivity contribution in [2.24, 2.45) is 0 Å². The van der Waals surface area contributed by atoms with Gasteiger partial charge in [0.05, 0.1) is 0 Å². The minimum Gasteiger partial charge on any atom is -0.481 e. The van der Waals surface area contributed by atoms with E-state index in [1.54, 1.807) is 24.3 Å². The molecule has 1 aromatic rings. The molecule has 0 radical (unpaired) electrons. The highest BCUT2D eigenvalue weighted by atomic mass is 16.4. The molecule has 0 unspecified atom stereocenters. The van der Waals surface area contributed by atoms with E-state index in [2.05, 4.69) is 10.6 Å². The van der Waals surface area contributed by atoms with E-state index in [1.165, 1.54) is 6.92 Å². The summed E-state index contributed by atoms with van der Waals surface area (Å²) in [4.78, 5) is 33.0. The van der Waals surface area contributed by atoms with E-state index >= 15 is 0 Å². The molecule has 6 heteroatoms. The number of benzene rings is 1. The first-order chi connectivity index (χ1) is 10.5. The fourth-order valence-corrected chi connectivity index (χ4v) is 1.88. The molecule has 0 heterocycles. The predicted molar refractivity (Wildman–Crippen MR) is 82.4 cm³/mol. The fraction of sp³-hybridized carbons (Fsp3) is 0.438. The highest BCUT2D eigenvalue weighted by Crippen LogP contribution is 2.05. The summed E-state index contributed by atoms with van der Waals surface area (Å²) in [6, 6.07) is 7.04. The second kappa shape index (κ2) is 9.55. The van der Waals surface area contributed by atoms with Gasteiger partial charge in [0.25, 0.3) is 5.91 Å². The van der Waals surface area contributed by atoms with Gasteiger partial charge in [-0.3, -0.25) is 14.4 Å². The van der Waals surface area contributed by atoms with Crippen LogP contribution in [0.2, 0.25) is 0 Å². The third-order valence-corrected chi connectivity index (χ3v) is 3.11. The van der Waals surface area contributed by atoms with E-state index in [4.69, 9.17) is 5.11 Å². The van der Waals surface area contributed by atoms with Crippen molar-refractivity contribution in [2.75, 3.05) is 6.54 Å². The summed E-state index contributed by atoms with van der Waals surface area (Å²) in [5, 5.41) is 14.0. The Hall–Kier alpha value is -2.37. The van der Waals surface area contributed by atoms with Gasteiger partial charge in [-0.15, -0.1) is 0 Å². The van der Waals surface area contributed by atoms with Crippen LogP contribution in [0, 0.1) is 0 Å². The number of aliphatic carboxylic acids is 1. The van der Waals surface area contributed by atoms with Crippen LogP contribution in [0.3, 0.4) is 0 Å². The molecule has 1 rings (SSSR count). The maximum atomic E-state index is 11.9. The maximum Gasteiger partial charge on any atom is 0.303 e. The number of carboxylic acid groups (broad SMARTS) is 1. The van der Waals surface area contributed by atoms with Crippen molar-refractivity contribution >= 4 is 17.8 Å². The highest BCUT2D eigenvalue weighted by molar-refractivity contribution is 5.94. The average molecular weight is 306 g/mol. The molecule has 1 aromatic carbocycles. The van der Waals surface area contributed by atoms with E-state index in [1.807, 2.05) is 0 Å². The van der Waals surface area contributed by atoms with Crippen LogP contribution in [0.5, 0.6) is 0 Å². The zero-order valence-corrected chi connectivity index (χ0v) is 12.7. The highest BCUT2D eigenvalue weighted by Gasteiger charge is 2.05. The van der Waals surface area contributed by atoms with Crippen LogP contribution in [-0.4, -0.2) is 29.4 Å². The summed E-state index contributed by atoms with van der Waals surface area (Å²) < 4.78 is 0. The molecule has 0 aliphatic carbocycles. The van der Waals surface area contributed by atoms with Crippen molar-refractivity contribution in [3.05, 3.63) is 35.4 Å². The third kappa shape index (κ3) is 7.42. The molecule has 3 N–H and O–H groups in total. The second-order valence-electron chi connectivity index (χ2n) is 5.07. The minimum atomic E-state index is -0.789. The second-order valence-corrected chi connectivity index (χ2v) is 5.07. The van der Waals surface area contributed by atoms with Gasteiger partial charge < -0.3 is 15.7 Å². The average Bonchev–Trinajstić information content (AvgIpc) is 2.48. The lowest BCUT2D eigenvalue weighted by molar-refractivity contribution is -0.137. The minimum absolute atomic E-state index is 0.0929. The zero-order chi connectivity index (χ0) is 16.4. The maximum absolute atomic E-state index is 11.9. The molecule has 0 atom stereocenters. The summed E-state index contributed by atoms with van der Waals surface area (Å²) in [5.74, 6) is -1.03. The molecule has 0 fully saturated rings. The van der Waals surface area contributed by atoms with Crippen LogP contribution in [0.15, 0.2) is 24.3 Å². The van der Waals surface area contributed by atoms with Crippen molar-refractivity contribution in [1.82, 2.24) is 10.6 Å². The zero-order valence-electron chi connectivity index (χ0n) is 12.7. The van der Waals surface area contributed by atoms with Gasteiger partial charge in [0.2, 0.25) is 5.91 Å². The van der Waals surface area contributed by atoms with Crippen molar-refractivity contribution in [3.8, 4) is 0 Å². The monoisotopic (exact) mass is 306 g/mol. The normalized spacial score (nSPS) is 10.0.